The van der Waals surface area contributed by atoms with Gasteiger partial charge in [0.1, 0.15) is 11.7 Å². The second-order valence-corrected chi connectivity index (χ2v) is 6.36. The molecule has 0 saturated carbocycles. The third-order valence-electron chi connectivity index (χ3n) is 3.42. The summed E-state index contributed by atoms with van der Waals surface area (Å²) in [4.78, 5) is 43.0. The highest BCUT2D eigenvalue weighted by Crippen LogP contribution is 2.21. The number of urea groups is 1. The molecule has 1 atom stereocenters. The third kappa shape index (κ3) is 5.48. The van der Waals surface area contributed by atoms with Crippen LogP contribution in [0.25, 0.3) is 0 Å². The van der Waals surface area contributed by atoms with Gasteiger partial charge in [-0.05, 0) is 31.5 Å². The number of thioether (sulfide) groups is 1. The molecule has 2 rings (SSSR count). The molecule has 1 unspecified atom stereocenters. The van der Waals surface area contributed by atoms with E-state index in [0.717, 1.165) is 17.3 Å². The Morgan fingerprint density at radius 3 is 2.62 bits per heavy atom. The Bertz CT molecular complexity index is 762. The number of hydrogen-bond donors (Lipinski definition) is 1. The number of benzene rings is 1. The number of esters is 1. The molecule has 1 aromatic carbocycles. The van der Waals surface area contributed by atoms with E-state index in [0.29, 0.717) is 0 Å². The molecule has 1 N–H and O–H groups in total. The van der Waals surface area contributed by atoms with Crippen molar-refractivity contribution in [3.63, 3.8) is 0 Å². The van der Waals surface area contributed by atoms with Crippen LogP contribution in [0, 0.1) is 11.7 Å². The highest BCUT2D eigenvalue weighted by Gasteiger charge is 2.33. The predicted octanol–water partition coefficient (Wildman–Crippen LogP) is 2.35. The first kappa shape index (κ1) is 19.8. The number of nitrogens with zero attached hydrogens (tertiary/aromatic N) is 2. The van der Waals surface area contributed by atoms with E-state index in [2.05, 4.69) is 15.3 Å². The van der Waals surface area contributed by atoms with Crippen LogP contribution in [0.15, 0.2) is 34.3 Å². The third-order valence-corrected chi connectivity index (χ3v) is 4.45. The van der Waals surface area contributed by atoms with Crippen molar-refractivity contribution in [2.24, 2.45) is 15.9 Å². The first-order valence-corrected chi connectivity index (χ1v) is 8.87. The first-order chi connectivity index (χ1) is 12.4. The molecule has 0 bridgehead atoms. The zero-order valence-electron chi connectivity index (χ0n) is 14.3. The summed E-state index contributed by atoms with van der Waals surface area (Å²) in [6, 6.07) is 5.05. The summed E-state index contributed by atoms with van der Waals surface area (Å²) in [6.45, 7) is 3.65. The highest BCUT2D eigenvalue weighted by atomic mass is 32.2. The molecule has 1 aromatic rings. The van der Waals surface area contributed by atoms with Crippen molar-refractivity contribution in [1.82, 2.24) is 5.32 Å². The van der Waals surface area contributed by atoms with E-state index in [9.17, 15) is 18.8 Å². The molecule has 0 radical (unpaired) electrons. The smallest absolute Gasteiger partial charge is 0.367 e. The molecular formula is C17H18FN3O4S. The largest absolute Gasteiger partial charge is 0.465 e. The Balaban J connectivity index is 1.92. The van der Waals surface area contributed by atoms with Gasteiger partial charge in [-0.1, -0.05) is 23.9 Å². The van der Waals surface area contributed by atoms with E-state index < -0.39 is 17.9 Å². The van der Waals surface area contributed by atoms with Gasteiger partial charge in [-0.25, -0.2) is 9.18 Å². The summed E-state index contributed by atoms with van der Waals surface area (Å²) in [5.74, 6) is -2.12. The fraction of sp³-hybridized carbons (Fsp3) is 0.353. The van der Waals surface area contributed by atoms with Crippen molar-refractivity contribution in [2.75, 3.05) is 12.4 Å². The Morgan fingerprint density at radius 1 is 1.27 bits per heavy atom. The molecule has 1 aliphatic heterocycles. The summed E-state index contributed by atoms with van der Waals surface area (Å²) >= 11 is 0.988. The monoisotopic (exact) mass is 379 g/mol. The van der Waals surface area contributed by atoms with Crippen LogP contribution in [0.4, 0.5) is 9.18 Å². The van der Waals surface area contributed by atoms with Crippen molar-refractivity contribution in [3.8, 4) is 0 Å². The average molecular weight is 379 g/mol. The van der Waals surface area contributed by atoms with Gasteiger partial charge in [-0.15, -0.1) is 0 Å². The van der Waals surface area contributed by atoms with Gasteiger partial charge in [-0.2, -0.15) is 9.98 Å². The second kappa shape index (κ2) is 9.23. The number of nitrogens with one attached hydrogen (secondary N) is 1. The second-order valence-electron chi connectivity index (χ2n) is 5.36. The topological polar surface area (TPSA) is 97.2 Å². The van der Waals surface area contributed by atoms with Crippen LogP contribution in [0.2, 0.25) is 0 Å². The lowest BCUT2D eigenvalue weighted by molar-refractivity contribution is -0.143. The summed E-state index contributed by atoms with van der Waals surface area (Å²) in [7, 11) is 0. The Labute approximate surface area is 154 Å². The number of carbonyl (C=O) groups excluding carboxylic acids is 3. The minimum absolute atomic E-state index is 0.0313. The number of amides is 3. The van der Waals surface area contributed by atoms with Crippen LogP contribution < -0.4 is 5.32 Å². The Hall–Kier alpha value is -2.55. The maximum Gasteiger partial charge on any atom is 0.367 e. The Morgan fingerprint density at radius 2 is 1.96 bits per heavy atom. The summed E-state index contributed by atoms with van der Waals surface area (Å²) in [5, 5.41) is 2.87. The van der Waals surface area contributed by atoms with E-state index in [1.54, 1.807) is 26.0 Å². The van der Waals surface area contributed by atoms with Gasteiger partial charge < -0.3 is 10.1 Å². The lowest BCUT2D eigenvalue weighted by atomic mass is 10.1. The molecule has 0 aliphatic carbocycles. The van der Waals surface area contributed by atoms with E-state index in [1.165, 1.54) is 12.1 Å². The standard InChI is InChI=1S/C17H18FN3O4S/c1-3-25-16(23)14-10(2)20-17(24)21-15(14)26-9-13(22)19-8-11-4-6-12(18)7-5-11/h4-7,14H,3,8-9H2,1-2H3,(H,19,22). The molecule has 0 saturated heterocycles. The number of halogens is 1. The van der Waals surface area contributed by atoms with E-state index in [-0.39, 0.29) is 41.4 Å². The number of rotatable bonds is 6. The molecule has 1 aliphatic rings. The lowest BCUT2D eigenvalue weighted by Crippen LogP contribution is -2.35. The SMILES string of the molecule is CCOC(=O)C1C(C)=NC(=O)N=C1SCC(=O)NCc1ccc(F)cc1. The van der Waals surface area contributed by atoms with Gasteiger partial charge in [0.05, 0.1) is 17.4 Å². The maximum atomic E-state index is 12.9. The van der Waals surface area contributed by atoms with E-state index in [4.69, 9.17) is 4.74 Å². The van der Waals surface area contributed by atoms with Crippen molar-refractivity contribution >= 4 is 40.4 Å². The minimum atomic E-state index is -0.873. The van der Waals surface area contributed by atoms with Crippen LogP contribution in [-0.4, -0.2) is 41.0 Å². The van der Waals surface area contributed by atoms with Gasteiger partial charge in [0.25, 0.3) is 0 Å². The minimum Gasteiger partial charge on any atom is -0.465 e. The van der Waals surface area contributed by atoms with Crippen molar-refractivity contribution in [2.45, 2.75) is 20.4 Å². The fourth-order valence-electron chi connectivity index (χ4n) is 2.18. The lowest BCUT2D eigenvalue weighted by Gasteiger charge is -2.19. The quantitative estimate of drug-likeness (QED) is 0.765. The average Bonchev–Trinajstić information content (AvgIpc) is 2.59. The van der Waals surface area contributed by atoms with E-state index in [1.807, 2.05) is 0 Å². The van der Waals surface area contributed by atoms with Gasteiger partial charge in [0, 0.05) is 12.3 Å². The van der Waals surface area contributed by atoms with Gasteiger partial charge >= 0.3 is 12.0 Å². The molecule has 0 aromatic heterocycles. The highest BCUT2D eigenvalue weighted by molar-refractivity contribution is 8.14. The van der Waals surface area contributed by atoms with Crippen LogP contribution in [0.1, 0.15) is 19.4 Å². The van der Waals surface area contributed by atoms with E-state index >= 15 is 0 Å². The Kier molecular flexibility index (Phi) is 7.02. The van der Waals surface area contributed by atoms with Crippen LogP contribution in [0.3, 0.4) is 0 Å². The van der Waals surface area contributed by atoms with Crippen LogP contribution in [0.5, 0.6) is 0 Å². The van der Waals surface area contributed by atoms with Crippen LogP contribution in [-0.2, 0) is 20.9 Å². The van der Waals surface area contributed by atoms with Gasteiger partial charge in [-0.3, -0.25) is 9.59 Å². The normalized spacial score (nSPS) is 16.6. The van der Waals surface area contributed by atoms with Crippen molar-refractivity contribution in [1.29, 1.82) is 0 Å². The molecular weight excluding hydrogens is 361 g/mol. The summed E-state index contributed by atoms with van der Waals surface area (Å²) < 4.78 is 17.8. The van der Waals surface area contributed by atoms with Gasteiger partial charge in [0.15, 0.2) is 0 Å². The fourth-order valence-corrected chi connectivity index (χ4v) is 3.14. The molecule has 3 amide bonds. The summed E-state index contributed by atoms with van der Waals surface area (Å²) in [6.07, 6.45) is 0. The molecule has 1 heterocycles. The number of aliphatic imine (C=N–C) groups is 2. The zero-order chi connectivity index (χ0) is 19.1. The molecule has 9 heteroatoms. The number of carbonyl (C=O) groups is 3. The van der Waals surface area contributed by atoms with Crippen LogP contribution >= 0.6 is 11.8 Å². The molecule has 26 heavy (non-hydrogen) atoms. The molecule has 0 fully saturated rings. The molecule has 138 valence electrons. The number of ether oxygens (including phenoxy) is 1. The van der Waals surface area contributed by atoms with Gasteiger partial charge in [0.2, 0.25) is 5.91 Å². The number of hydrogen-bond acceptors (Lipinski definition) is 5. The first-order valence-electron chi connectivity index (χ1n) is 7.89. The van der Waals surface area contributed by atoms with Crippen molar-refractivity contribution in [3.05, 3.63) is 35.6 Å². The zero-order valence-corrected chi connectivity index (χ0v) is 15.1. The molecule has 0 spiro atoms. The predicted molar refractivity (Wildman–Crippen MR) is 96.8 cm³/mol. The maximum absolute atomic E-state index is 12.9. The molecule has 7 nitrogen and oxygen atoms in total. The van der Waals surface area contributed by atoms with Crippen molar-refractivity contribution < 1.29 is 23.5 Å². The summed E-state index contributed by atoms with van der Waals surface area (Å²) in [5.41, 5.74) is 1.04.